The molecule has 2 aromatic carbocycles. The summed E-state index contributed by atoms with van der Waals surface area (Å²) in [5, 5.41) is 11.9. The molecule has 0 aromatic heterocycles. The van der Waals surface area contributed by atoms with E-state index in [-0.39, 0.29) is 18.4 Å². The first-order valence-corrected chi connectivity index (χ1v) is 7.61. The zero-order valence-corrected chi connectivity index (χ0v) is 13.4. The van der Waals surface area contributed by atoms with Crippen LogP contribution in [0.2, 0.25) is 0 Å². The fourth-order valence-electron chi connectivity index (χ4n) is 2.62. The second kappa shape index (κ2) is 7.58. The molecule has 4 nitrogen and oxygen atoms in total. The van der Waals surface area contributed by atoms with Crippen molar-refractivity contribution in [3.8, 4) is 0 Å². The number of carboxylic acids is 1. The first kappa shape index (κ1) is 16.7. The van der Waals surface area contributed by atoms with E-state index in [1.807, 2.05) is 62.4 Å². The van der Waals surface area contributed by atoms with E-state index in [0.717, 1.165) is 16.7 Å². The highest BCUT2D eigenvalue weighted by Gasteiger charge is 2.17. The van der Waals surface area contributed by atoms with Gasteiger partial charge in [-0.05, 0) is 38.0 Å². The Balaban J connectivity index is 2.19. The molecule has 0 saturated carbocycles. The Morgan fingerprint density at radius 1 is 1.04 bits per heavy atom. The van der Waals surface area contributed by atoms with Crippen LogP contribution in [-0.4, -0.2) is 17.0 Å². The molecule has 23 heavy (non-hydrogen) atoms. The third kappa shape index (κ3) is 4.95. The van der Waals surface area contributed by atoms with Gasteiger partial charge in [0.15, 0.2) is 0 Å². The van der Waals surface area contributed by atoms with Gasteiger partial charge in [0.1, 0.15) is 0 Å². The fourth-order valence-corrected chi connectivity index (χ4v) is 2.62. The van der Waals surface area contributed by atoms with Crippen molar-refractivity contribution < 1.29 is 14.7 Å². The number of rotatable bonds is 6. The molecule has 1 amide bonds. The minimum Gasteiger partial charge on any atom is -0.481 e. The maximum absolute atomic E-state index is 12.5. The summed E-state index contributed by atoms with van der Waals surface area (Å²) >= 11 is 0. The second-order valence-electron chi connectivity index (χ2n) is 5.75. The monoisotopic (exact) mass is 311 g/mol. The Bertz CT molecular complexity index is 675. The van der Waals surface area contributed by atoms with Crippen molar-refractivity contribution >= 4 is 11.9 Å². The maximum atomic E-state index is 12.5. The average molecular weight is 311 g/mol. The molecule has 4 heteroatoms. The van der Waals surface area contributed by atoms with Crippen LogP contribution in [0.5, 0.6) is 0 Å². The first-order chi connectivity index (χ1) is 11.0. The van der Waals surface area contributed by atoms with E-state index in [4.69, 9.17) is 5.11 Å². The molecule has 120 valence electrons. The Kier molecular flexibility index (Phi) is 5.52. The lowest BCUT2D eigenvalue weighted by Crippen LogP contribution is -2.29. The maximum Gasteiger partial charge on any atom is 0.303 e. The fraction of sp³-hybridized carbons (Fsp3) is 0.263. The zero-order chi connectivity index (χ0) is 16.8. The van der Waals surface area contributed by atoms with Gasteiger partial charge in [-0.3, -0.25) is 9.59 Å². The summed E-state index contributed by atoms with van der Waals surface area (Å²) < 4.78 is 0. The van der Waals surface area contributed by atoms with Crippen molar-refractivity contribution in [1.29, 1.82) is 0 Å². The van der Waals surface area contributed by atoms with Crippen LogP contribution < -0.4 is 5.32 Å². The number of carboxylic acid groups (broad SMARTS) is 1. The number of nitrogens with one attached hydrogen (secondary N) is 1. The van der Waals surface area contributed by atoms with Gasteiger partial charge in [-0.1, -0.05) is 47.5 Å². The largest absolute Gasteiger partial charge is 0.481 e. The molecule has 0 spiro atoms. The molecule has 0 bridgehead atoms. The molecule has 1 unspecified atom stereocenters. The molecule has 0 radical (unpaired) electrons. The van der Waals surface area contributed by atoms with E-state index in [1.165, 1.54) is 0 Å². The van der Waals surface area contributed by atoms with Crippen LogP contribution in [-0.2, 0) is 4.79 Å². The van der Waals surface area contributed by atoms with Crippen molar-refractivity contribution in [2.75, 3.05) is 0 Å². The second-order valence-corrected chi connectivity index (χ2v) is 5.75. The highest BCUT2D eigenvalue weighted by atomic mass is 16.4. The molecular formula is C19H21NO3. The van der Waals surface area contributed by atoms with Crippen LogP contribution in [0, 0.1) is 13.8 Å². The number of hydrogen-bond donors (Lipinski definition) is 2. The predicted octanol–water partition coefficient (Wildman–Crippen LogP) is 3.64. The van der Waals surface area contributed by atoms with Gasteiger partial charge in [0, 0.05) is 12.0 Å². The average Bonchev–Trinajstić information content (AvgIpc) is 2.51. The van der Waals surface area contributed by atoms with E-state index >= 15 is 0 Å². The van der Waals surface area contributed by atoms with Crippen LogP contribution in [0.4, 0.5) is 0 Å². The number of hydrogen-bond acceptors (Lipinski definition) is 2. The Morgan fingerprint density at radius 2 is 1.65 bits per heavy atom. The Morgan fingerprint density at radius 3 is 2.22 bits per heavy atom. The summed E-state index contributed by atoms with van der Waals surface area (Å²) in [6.07, 6.45) is 0.364. The van der Waals surface area contributed by atoms with Crippen molar-refractivity contribution in [2.45, 2.75) is 32.7 Å². The van der Waals surface area contributed by atoms with Gasteiger partial charge in [-0.15, -0.1) is 0 Å². The third-order valence-corrected chi connectivity index (χ3v) is 3.64. The smallest absolute Gasteiger partial charge is 0.303 e. The van der Waals surface area contributed by atoms with Crippen LogP contribution in [0.3, 0.4) is 0 Å². The van der Waals surface area contributed by atoms with Crippen molar-refractivity contribution in [3.63, 3.8) is 0 Å². The topological polar surface area (TPSA) is 66.4 Å². The number of amides is 1. The van der Waals surface area contributed by atoms with Gasteiger partial charge in [-0.25, -0.2) is 0 Å². The molecule has 2 rings (SSSR count). The molecule has 0 aliphatic heterocycles. The van der Waals surface area contributed by atoms with E-state index in [2.05, 4.69) is 5.32 Å². The number of aliphatic carboxylic acids is 1. The lowest BCUT2D eigenvalue weighted by Gasteiger charge is -2.19. The molecule has 0 aliphatic rings. The first-order valence-electron chi connectivity index (χ1n) is 7.61. The van der Waals surface area contributed by atoms with Crippen molar-refractivity contribution in [2.24, 2.45) is 0 Å². The van der Waals surface area contributed by atoms with Crippen LogP contribution in [0.1, 0.15) is 45.9 Å². The molecule has 2 N–H and O–H groups in total. The van der Waals surface area contributed by atoms with Crippen molar-refractivity contribution in [3.05, 3.63) is 70.8 Å². The predicted molar refractivity (Wildman–Crippen MR) is 89.4 cm³/mol. The minimum atomic E-state index is -0.869. The van der Waals surface area contributed by atoms with Crippen LogP contribution >= 0.6 is 0 Å². The molecule has 2 aromatic rings. The van der Waals surface area contributed by atoms with E-state index < -0.39 is 5.97 Å². The molecule has 0 fully saturated rings. The van der Waals surface area contributed by atoms with E-state index in [0.29, 0.717) is 12.0 Å². The van der Waals surface area contributed by atoms with Gasteiger partial charge in [0.05, 0.1) is 6.04 Å². The molecule has 0 saturated heterocycles. The normalized spacial score (nSPS) is 11.7. The quantitative estimate of drug-likeness (QED) is 0.856. The molecule has 0 heterocycles. The number of aryl methyl sites for hydroxylation is 2. The standard InChI is InChI=1S/C19H21NO3/c1-13-10-14(2)12-16(11-13)19(23)20-17(8-9-18(21)22)15-6-4-3-5-7-15/h3-7,10-12,17H,8-9H2,1-2H3,(H,20,23)(H,21,22). The van der Waals surface area contributed by atoms with Crippen LogP contribution in [0.25, 0.3) is 0 Å². The Labute approximate surface area is 136 Å². The van der Waals surface area contributed by atoms with Gasteiger partial charge < -0.3 is 10.4 Å². The van der Waals surface area contributed by atoms with Crippen LogP contribution in [0.15, 0.2) is 48.5 Å². The zero-order valence-electron chi connectivity index (χ0n) is 13.4. The number of carbonyl (C=O) groups excluding carboxylic acids is 1. The molecular weight excluding hydrogens is 290 g/mol. The van der Waals surface area contributed by atoms with E-state index in [9.17, 15) is 9.59 Å². The van der Waals surface area contributed by atoms with Gasteiger partial charge in [0.25, 0.3) is 5.91 Å². The molecule has 1 atom stereocenters. The highest BCUT2D eigenvalue weighted by molar-refractivity contribution is 5.94. The molecule has 0 aliphatic carbocycles. The summed E-state index contributed by atoms with van der Waals surface area (Å²) in [6.45, 7) is 3.89. The lowest BCUT2D eigenvalue weighted by atomic mass is 10.0. The SMILES string of the molecule is Cc1cc(C)cc(C(=O)NC(CCC(=O)O)c2ccccc2)c1. The highest BCUT2D eigenvalue weighted by Crippen LogP contribution is 2.19. The minimum absolute atomic E-state index is 0.00663. The Hall–Kier alpha value is -2.62. The number of benzene rings is 2. The van der Waals surface area contributed by atoms with E-state index in [1.54, 1.807) is 0 Å². The lowest BCUT2D eigenvalue weighted by molar-refractivity contribution is -0.137. The summed E-state index contributed by atoms with van der Waals surface area (Å²) in [6, 6.07) is 14.8. The third-order valence-electron chi connectivity index (χ3n) is 3.64. The summed E-state index contributed by atoms with van der Waals surface area (Å²) in [5.41, 5.74) is 3.55. The summed E-state index contributed by atoms with van der Waals surface area (Å²) in [4.78, 5) is 23.4. The van der Waals surface area contributed by atoms with Gasteiger partial charge in [0.2, 0.25) is 0 Å². The van der Waals surface area contributed by atoms with Gasteiger partial charge >= 0.3 is 5.97 Å². The summed E-state index contributed by atoms with van der Waals surface area (Å²) in [5.74, 6) is -1.05. The van der Waals surface area contributed by atoms with Gasteiger partial charge in [-0.2, -0.15) is 0 Å². The number of carbonyl (C=O) groups is 2. The van der Waals surface area contributed by atoms with Crippen molar-refractivity contribution in [1.82, 2.24) is 5.32 Å². The summed E-state index contributed by atoms with van der Waals surface area (Å²) in [7, 11) is 0.